The molecule has 0 bridgehead atoms. The Hall–Kier alpha value is -1.34. The van der Waals surface area contributed by atoms with Gasteiger partial charge in [-0.2, -0.15) is 0 Å². The van der Waals surface area contributed by atoms with Crippen LogP contribution in [0.2, 0.25) is 0 Å². The molecule has 2 aromatic heterocycles. The molecule has 0 aromatic carbocycles. The maximum atomic E-state index is 10.3. The second kappa shape index (κ2) is 7.28. The largest absolute Gasteiger partial charge is 0.369 e. The average Bonchev–Trinajstić information content (AvgIpc) is 2.92. The van der Waals surface area contributed by atoms with E-state index in [2.05, 4.69) is 20.6 Å². The number of amides is 1. The first-order valence-electron chi connectivity index (χ1n) is 7.60. The molecule has 0 radical (unpaired) electrons. The number of thioether (sulfide) groups is 1. The van der Waals surface area contributed by atoms with Gasteiger partial charge in [-0.25, -0.2) is 9.97 Å². The molecule has 2 aromatic rings. The van der Waals surface area contributed by atoms with Crippen LogP contribution in [0, 0.1) is 0 Å². The highest BCUT2D eigenvalue weighted by Gasteiger charge is 2.20. The van der Waals surface area contributed by atoms with Gasteiger partial charge >= 0.3 is 0 Å². The molecule has 3 rings (SSSR count). The standard InChI is InChI=1S/C15H20N4OS2/c1-21-15-18-13(17-8-4-7-16-9-20)12-10-5-2-3-6-11(10)22-14(12)19-15/h9H,2-8H2,1H3,(H,16,20)(H,17,18,19). The van der Waals surface area contributed by atoms with Crippen LogP contribution in [0.1, 0.15) is 29.7 Å². The normalized spacial score (nSPS) is 13.9. The Bertz CT molecular complexity index is 671. The Kier molecular flexibility index (Phi) is 5.15. The summed E-state index contributed by atoms with van der Waals surface area (Å²) in [5.41, 5.74) is 1.45. The predicted octanol–water partition coefficient (Wildman–Crippen LogP) is 2.84. The maximum absolute atomic E-state index is 10.3. The number of carbonyl (C=O) groups is 1. The maximum Gasteiger partial charge on any atom is 0.207 e. The summed E-state index contributed by atoms with van der Waals surface area (Å²) in [5.74, 6) is 0.958. The van der Waals surface area contributed by atoms with E-state index in [4.69, 9.17) is 0 Å². The fourth-order valence-corrected chi connectivity index (χ4v) is 4.50. The van der Waals surface area contributed by atoms with Gasteiger partial charge in [0.05, 0.1) is 5.39 Å². The second-order valence-electron chi connectivity index (χ2n) is 5.30. The molecule has 22 heavy (non-hydrogen) atoms. The smallest absolute Gasteiger partial charge is 0.207 e. The number of aryl methyl sites for hydroxylation is 2. The Morgan fingerprint density at radius 3 is 2.95 bits per heavy atom. The van der Waals surface area contributed by atoms with Gasteiger partial charge in [-0.15, -0.1) is 11.3 Å². The van der Waals surface area contributed by atoms with Crippen molar-refractivity contribution in [3.63, 3.8) is 0 Å². The van der Waals surface area contributed by atoms with Crippen LogP contribution >= 0.6 is 23.1 Å². The summed E-state index contributed by atoms with van der Waals surface area (Å²) in [6, 6.07) is 0. The molecule has 0 saturated heterocycles. The van der Waals surface area contributed by atoms with E-state index in [1.807, 2.05) is 17.6 Å². The molecule has 5 nitrogen and oxygen atoms in total. The van der Waals surface area contributed by atoms with Crippen LogP contribution in [-0.2, 0) is 17.6 Å². The monoisotopic (exact) mass is 336 g/mol. The zero-order chi connectivity index (χ0) is 15.4. The molecule has 0 atom stereocenters. The molecule has 1 aliphatic carbocycles. The van der Waals surface area contributed by atoms with E-state index >= 15 is 0 Å². The third kappa shape index (κ3) is 3.20. The number of rotatable bonds is 7. The minimum atomic E-state index is 0.682. The number of hydrogen-bond acceptors (Lipinski definition) is 6. The van der Waals surface area contributed by atoms with Gasteiger partial charge in [0.25, 0.3) is 0 Å². The topological polar surface area (TPSA) is 66.9 Å². The van der Waals surface area contributed by atoms with Gasteiger partial charge in [-0.05, 0) is 43.9 Å². The number of anilines is 1. The van der Waals surface area contributed by atoms with Crippen LogP contribution in [0.15, 0.2) is 5.16 Å². The summed E-state index contributed by atoms with van der Waals surface area (Å²) >= 11 is 3.40. The van der Waals surface area contributed by atoms with Gasteiger partial charge in [0, 0.05) is 18.0 Å². The SMILES string of the molecule is CSc1nc(NCCCNC=O)c2c3c(sc2n1)CCCC3. The molecule has 118 valence electrons. The Morgan fingerprint density at radius 1 is 1.27 bits per heavy atom. The fraction of sp³-hybridized carbons (Fsp3) is 0.533. The van der Waals surface area contributed by atoms with Crippen molar-refractivity contribution in [2.24, 2.45) is 0 Å². The number of thiophene rings is 1. The Balaban J connectivity index is 1.88. The average molecular weight is 336 g/mol. The summed E-state index contributed by atoms with van der Waals surface area (Å²) in [6.07, 6.45) is 8.47. The highest BCUT2D eigenvalue weighted by Crippen LogP contribution is 2.39. The van der Waals surface area contributed by atoms with E-state index in [0.29, 0.717) is 6.54 Å². The lowest BCUT2D eigenvalue weighted by Gasteiger charge is -2.13. The second-order valence-corrected chi connectivity index (χ2v) is 7.16. The van der Waals surface area contributed by atoms with Crippen LogP contribution in [-0.4, -0.2) is 35.7 Å². The predicted molar refractivity (Wildman–Crippen MR) is 93.0 cm³/mol. The number of aromatic nitrogens is 2. The molecule has 0 fully saturated rings. The van der Waals surface area contributed by atoms with E-state index in [1.165, 1.54) is 35.1 Å². The first-order valence-corrected chi connectivity index (χ1v) is 9.64. The first-order chi connectivity index (χ1) is 10.8. The molecule has 1 aliphatic rings. The van der Waals surface area contributed by atoms with Gasteiger partial charge in [0.2, 0.25) is 6.41 Å². The van der Waals surface area contributed by atoms with Crippen LogP contribution in [0.25, 0.3) is 10.2 Å². The van der Waals surface area contributed by atoms with E-state index in [9.17, 15) is 4.79 Å². The minimum Gasteiger partial charge on any atom is -0.369 e. The Labute approximate surface area is 138 Å². The van der Waals surface area contributed by atoms with Crippen LogP contribution in [0.5, 0.6) is 0 Å². The van der Waals surface area contributed by atoms with Gasteiger partial charge in [0.1, 0.15) is 10.6 Å². The van der Waals surface area contributed by atoms with Crippen molar-refractivity contribution in [2.45, 2.75) is 37.3 Å². The molecule has 2 heterocycles. The number of carbonyl (C=O) groups excluding carboxylic acids is 1. The van der Waals surface area contributed by atoms with Crippen molar-refractivity contribution < 1.29 is 4.79 Å². The quantitative estimate of drug-likeness (QED) is 0.352. The zero-order valence-corrected chi connectivity index (χ0v) is 14.3. The number of nitrogens with one attached hydrogen (secondary N) is 2. The van der Waals surface area contributed by atoms with Crippen LogP contribution in [0.3, 0.4) is 0 Å². The molecule has 7 heteroatoms. The van der Waals surface area contributed by atoms with E-state index in [-0.39, 0.29) is 0 Å². The highest BCUT2D eigenvalue weighted by molar-refractivity contribution is 7.98. The van der Waals surface area contributed by atoms with Crippen LogP contribution in [0.4, 0.5) is 5.82 Å². The molecule has 0 aliphatic heterocycles. The van der Waals surface area contributed by atoms with Gasteiger partial charge in [-0.1, -0.05) is 11.8 Å². The number of nitrogens with zero attached hydrogens (tertiary/aromatic N) is 2. The molecule has 1 amide bonds. The summed E-state index contributed by atoms with van der Waals surface area (Å²) in [4.78, 5) is 22.2. The first kappa shape index (κ1) is 15.6. The molecule has 0 saturated carbocycles. The van der Waals surface area contributed by atoms with Crippen molar-refractivity contribution in [3.8, 4) is 0 Å². The van der Waals surface area contributed by atoms with Crippen molar-refractivity contribution >= 4 is 45.5 Å². The van der Waals surface area contributed by atoms with E-state index in [1.54, 1.807) is 11.8 Å². The molecular weight excluding hydrogens is 316 g/mol. The molecule has 0 spiro atoms. The number of fused-ring (bicyclic) bond motifs is 3. The Morgan fingerprint density at radius 2 is 2.14 bits per heavy atom. The van der Waals surface area contributed by atoms with Crippen molar-refractivity contribution in [1.29, 1.82) is 0 Å². The number of hydrogen-bond donors (Lipinski definition) is 2. The van der Waals surface area contributed by atoms with E-state index in [0.717, 1.165) is 41.6 Å². The van der Waals surface area contributed by atoms with Crippen molar-refractivity contribution in [2.75, 3.05) is 24.7 Å². The third-order valence-electron chi connectivity index (χ3n) is 3.85. The van der Waals surface area contributed by atoms with Gasteiger partial charge in [-0.3, -0.25) is 4.79 Å². The molecule has 2 N–H and O–H groups in total. The summed E-state index contributed by atoms with van der Waals surface area (Å²) in [7, 11) is 0. The van der Waals surface area contributed by atoms with Crippen molar-refractivity contribution in [1.82, 2.24) is 15.3 Å². The summed E-state index contributed by atoms with van der Waals surface area (Å²) in [5, 5.41) is 8.17. The summed E-state index contributed by atoms with van der Waals surface area (Å²) in [6.45, 7) is 1.48. The highest BCUT2D eigenvalue weighted by atomic mass is 32.2. The lowest BCUT2D eigenvalue weighted by molar-refractivity contribution is -0.109. The zero-order valence-electron chi connectivity index (χ0n) is 12.6. The van der Waals surface area contributed by atoms with Crippen LogP contribution < -0.4 is 10.6 Å². The summed E-state index contributed by atoms with van der Waals surface area (Å²) < 4.78 is 0. The van der Waals surface area contributed by atoms with E-state index < -0.39 is 0 Å². The lowest BCUT2D eigenvalue weighted by atomic mass is 9.97. The van der Waals surface area contributed by atoms with Gasteiger partial charge < -0.3 is 10.6 Å². The van der Waals surface area contributed by atoms with Gasteiger partial charge in [0.15, 0.2) is 5.16 Å². The lowest BCUT2D eigenvalue weighted by Crippen LogP contribution is -2.16. The fourth-order valence-electron chi connectivity index (χ4n) is 2.81. The molecule has 0 unspecified atom stereocenters. The molecular formula is C15H20N4OS2. The minimum absolute atomic E-state index is 0.682. The third-order valence-corrected chi connectivity index (χ3v) is 5.58. The van der Waals surface area contributed by atoms with Crippen molar-refractivity contribution in [3.05, 3.63) is 10.4 Å².